The van der Waals surface area contributed by atoms with Gasteiger partial charge in [-0.2, -0.15) is 11.8 Å². The molecule has 2 unspecified atom stereocenters. The number of rotatable bonds is 5. The van der Waals surface area contributed by atoms with Crippen LogP contribution < -0.4 is 0 Å². The maximum atomic E-state index is 11.7. The van der Waals surface area contributed by atoms with Gasteiger partial charge in [-0.3, -0.25) is 9.69 Å². The molecule has 0 radical (unpaired) electrons. The van der Waals surface area contributed by atoms with E-state index >= 15 is 0 Å². The molecule has 1 rings (SSSR count). The van der Waals surface area contributed by atoms with Crippen LogP contribution in [0.1, 0.15) is 20.3 Å². The molecule has 0 N–H and O–H groups in total. The minimum Gasteiger partial charge on any atom is -0.466 e. The molecule has 1 fully saturated rings. The van der Waals surface area contributed by atoms with Crippen LogP contribution >= 0.6 is 11.8 Å². The topological polar surface area (TPSA) is 63.7 Å². The number of hydrogen-bond donors (Lipinski definition) is 0. The highest BCUT2D eigenvalue weighted by atomic mass is 32.2. The molecule has 0 aromatic heterocycles. The first-order valence-corrected chi connectivity index (χ1v) is 9.15. The number of carbonyl (C=O) groups is 1. The van der Waals surface area contributed by atoms with E-state index in [1.54, 1.807) is 18.7 Å². The predicted molar refractivity (Wildman–Crippen MR) is 73.4 cm³/mol. The van der Waals surface area contributed by atoms with E-state index in [1.807, 2.05) is 11.8 Å². The fourth-order valence-corrected chi connectivity index (χ4v) is 5.03. The molecular weight excluding hydrogens is 274 g/mol. The highest BCUT2D eigenvalue weighted by molar-refractivity contribution is 8.00. The van der Waals surface area contributed by atoms with Crippen molar-refractivity contribution in [2.75, 3.05) is 30.9 Å². The van der Waals surface area contributed by atoms with E-state index in [-0.39, 0.29) is 18.4 Å². The summed E-state index contributed by atoms with van der Waals surface area (Å²) < 4.78 is 28.4. The maximum Gasteiger partial charge on any atom is 0.307 e. The van der Waals surface area contributed by atoms with Crippen molar-refractivity contribution in [3.8, 4) is 0 Å². The highest BCUT2D eigenvalue weighted by Gasteiger charge is 2.34. The Morgan fingerprint density at radius 3 is 2.78 bits per heavy atom. The van der Waals surface area contributed by atoms with E-state index in [1.165, 1.54) is 6.26 Å². The van der Waals surface area contributed by atoms with Gasteiger partial charge in [-0.1, -0.05) is 0 Å². The molecule has 2 atom stereocenters. The van der Waals surface area contributed by atoms with Crippen LogP contribution in [0.2, 0.25) is 0 Å². The molecule has 1 saturated heterocycles. The monoisotopic (exact) mass is 295 g/mol. The van der Waals surface area contributed by atoms with Crippen molar-refractivity contribution in [1.29, 1.82) is 0 Å². The van der Waals surface area contributed by atoms with Crippen molar-refractivity contribution >= 4 is 27.6 Å². The number of carbonyl (C=O) groups excluding carboxylic acids is 1. The number of ether oxygens (including phenoxy) is 1. The molecule has 0 aromatic rings. The molecule has 5 nitrogen and oxygen atoms in total. The van der Waals surface area contributed by atoms with Crippen molar-refractivity contribution < 1.29 is 17.9 Å². The van der Waals surface area contributed by atoms with Crippen molar-refractivity contribution in [3.05, 3.63) is 0 Å². The first kappa shape index (κ1) is 15.8. The fraction of sp³-hybridized carbons (Fsp3) is 0.909. The second kappa shape index (κ2) is 6.77. The Kier molecular flexibility index (Phi) is 5.94. The molecule has 1 aliphatic heterocycles. The summed E-state index contributed by atoms with van der Waals surface area (Å²) in [7, 11) is -3.12. The summed E-state index contributed by atoms with van der Waals surface area (Å²) in [5.74, 6) is 1.21. The van der Waals surface area contributed by atoms with E-state index in [9.17, 15) is 13.2 Å². The van der Waals surface area contributed by atoms with Gasteiger partial charge in [0.15, 0.2) is 9.84 Å². The molecule has 0 aliphatic carbocycles. The summed E-state index contributed by atoms with van der Waals surface area (Å²) in [5.41, 5.74) is 0. The Labute approximate surface area is 113 Å². The average Bonchev–Trinajstić information content (AvgIpc) is 2.28. The smallest absolute Gasteiger partial charge is 0.307 e. The lowest BCUT2D eigenvalue weighted by Gasteiger charge is -2.37. The second-order valence-corrected chi connectivity index (χ2v) is 7.81. The SMILES string of the molecule is CCOC(=O)CC(C)N1CCSCC1S(C)(=O)=O. The third-order valence-corrected chi connectivity index (χ3v) is 5.61. The third kappa shape index (κ3) is 4.44. The number of nitrogens with zero attached hydrogens (tertiary/aromatic N) is 1. The van der Waals surface area contributed by atoms with E-state index in [4.69, 9.17) is 4.74 Å². The third-order valence-electron chi connectivity index (χ3n) is 2.95. The normalized spacial score (nSPS) is 23.6. The molecule has 1 heterocycles. The molecule has 18 heavy (non-hydrogen) atoms. The Hall–Kier alpha value is -0.270. The van der Waals surface area contributed by atoms with Crippen LogP contribution in [0, 0.1) is 0 Å². The Bertz CT molecular complexity index is 383. The summed E-state index contributed by atoms with van der Waals surface area (Å²) in [5, 5.41) is -0.485. The van der Waals surface area contributed by atoms with Gasteiger partial charge in [0, 0.05) is 30.3 Å². The summed E-state index contributed by atoms with van der Waals surface area (Å²) in [4.78, 5) is 13.4. The van der Waals surface area contributed by atoms with Gasteiger partial charge < -0.3 is 4.74 Å². The predicted octanol–water partition coefficient (Wildman–Crippen LogP) is 0.748. The fourth-order valence-electron chi connectivity index (χ4n) is 2.05. The van der Waals surface area contributed by atoms with Gasteiger partial charge in [0.05, 0.1) is 13.0 Å². The molecule has 0 spiro atoms. The molecule has 0 aromatic carbocycles. The lowest BCUT2D eigenvalue weighted by atomic mass is 10.2. The van der Waals surface area contributed by atoms with Gasteiger partial charge in [-0.05, 0) is 13.8 Å². The summed E-state index contributed by atoms with van der Waals surface area (Å²) in [6.07, 6.45) is 1.50. The van der Waals surface area contributed by atoms with Crippen molar-refractivity contribution in [2.24, 2.45) is 0 Å². The average molecular weight is 295 g/mol. The number of esters is 1. The maximum absolute atomic E-state index is 11.7. The van der Waals surface area contributed by atoms with E-state index in [0.717, 1.165) is 5.75 Å². The Balaban J connectivity index is 2.69. The van der Waals surface area contributed by atoms with Crippen LogP contribution in [-0.4, -0.2) is 61.6 Å². The zero-order valence-corrected chi connectivity index (χ0v) is 12.7. The van der Waals surface area contributed by atoms with Crippen LogP contribution in [0.3, 0.4) is 0 Å². The summed E-state index contributed by atoms with van der Waals surface area (Å²) in [6.45, 7) is 4.70. The lowest BCUT2D eigenvalue weighted by molar-refractivity contribution is -0.144. The second-order valence-electron chi connectivity index (χ2n) is 4.46. The Morgan fingerprint density at radius 2 is 2.22 bits per heavy atom. The molecule has 7 heteroatoms. The number of sulfone groups is 1. The zero-order valence-electron chi connectivity index (χ0n) is 11.1. The first-order valence-electron chi connectivity index (χ1n) is 6.04. The molecule has 1 aliphatic rings. The summed E-state index contributed by atoms with van der Waals surface area (Å²) >= 11 is 1.64. The van der Waals surface area contributed by atoms with Crippen LogP contribution in [0.15, 0.2) is 0 Å². The lowest BCUT2D eigenvalue weighted by Crippen LogP contribution is -2.51. The minimum atomic E-state index is -3.12. The molecule has 0 amide bonds. The molecule has 106 valence electrons. The first-order chi connectivity index (χ1) is 8.36. The van der Waals surface area contributed by atoms with Crippen molar-refractivity contribution in [3.63, 3.8) is 0 Å². The van der Waals surface area contributed by atoms with Gasteiger partial charge in [-0.25, -0.2) is 8.42 Å². The van der Waals surface area contributed by atoms with Gasteiger partial charge in [0.2, 0.25) is 0 Å². The van der Waals surface area contributed by atoms with Crippen LogP contribution in [-0.2, 0) is 19.4 Å². The largest absolute Gasteiger partial charge is 0.466 e. The summed E-state index contributed by atoms with van der Waals surface area (Å²) in [6, 6.07) is -0.107. The van der Waals surface area contributed by atoms with Crippen LogP contribution in [0.5, 0.6) is 0 Å². The van der Waals surface area contributed by atoms with E-state index in [2.05, 4.69) is 0 Å². The quantitative estimate of drug-likeness (QED) is 0.697. The molecular formula is C11H21NO4S2. The zero-order chi connectivity index (χ0) is 13.8. The highest BCUT2D eigenvalue weighted by Crippen LogP contribution is 2.23. The van der Waals surface area contributed by atoms with Gasteiger partial charge in [-0.15, -0.1) is 0 Å². The van der Waals surface area contributed by atoms with E-state index in [0.29, 0.717) is 18.9 Å². The standard InChI is InChI=1S/C11H21NO4S2/c1-4-16-11(13)7-9(2)12-5-6-17-8-10(12)18(3,14)15/h9-10H,4-8H2,1-3H3. The number of thioether (sulfide) groups is 1. The Morgan fingerprint density at radius 1 is 1.56 bits per heavy atom. The van der Waals surface area contributed by atoms with Gasteiger partial charge >= 0.3 is 5.97 Å². The van der Waals surface area contributed by atoms with Crippen LogP contribution in [0.4, 0.5) is 0 Å². The van der Waals surface area contributed by atoms with E-state index < -0.39 is 15.2 Å². The minimum absolute atomic E-state index is 0.107. The molecule has 0 bridgehead atoms. The van der Waals surface area contributed by atoms with Crippen molar-refractivity contribution in [2.45, 2.75) is 31.7 Å². The van der Waals surface area contributed by atoms with Gasteiger partial charge in [0.25, 0.3) is 0 Å². The van der Waals surface area contributed by atoms with Crippen molar-refractivity contribution in [1.82, 2.24) is 4.90 Å². The number of hydrogen-bond acceptors (Lipinski definition) is 6. The van der Waals surface area contributed by atoms with Crippen LogP contribution in [0.25, 0.3) is 0 Å². The molecule has 0 saturated carbocycles. The van der Waals surface area contributed by atoms with Gasteiger partial charge in [0.1, 0.15) is 5.37 Å².